The highest BCUT2D eigenvalue weighted by atomic mass is 15.0. The van der Waals surface area contributed by atoms with Gasteiger partial charge in [-0.05, 0) is 74.5 Å². The first-order chi connectivity index (χ1) is 17.6. The predicted molar refractivity (Wildman–Crippen MR) is 149 cm³/mol. The molecule has 0 radical (unpaired) electrons. The summed E-state index contributed by atoms with van der Waals surface area (Å²) in [6.07, 6.45) is 0. The Morgan fingerprint density at radius 3 is 2.11 bits per heavy atom. The van der Waals surface area contributed by atoms with Crippen molar-refractivity contribution in [2.24, 2.45) is 4.99 Å². The number of anilines is 2. The summed E-state index contributed by atoms with van der Waals surface area (Å²) in [5.41, 5.74) is 10.2. The summed E-state index contributed by atoms with van der Waals surface area (Å²) in [4.78, 5) is 10.1. The lowest BCUT2D eigenvalue weighted by Crippen LogP contribution is -2.14. The summed E-state index contributed by atoms with van der Waals surface area (Å²) in [5.74, 6) is 0. The van der Waals surface area contributed by atoms with Crippen LogP contribution >= 0.6 is 0 Å². The molecule has 1 N–H and O–H groups in total. The summed E-state index contributed by atoms with van der Waals surface area (Å²) in [6, 6.07) is 39.6. The van der Waals surface area contributed by atoms with Crippen LogP contribution in [0.1, 0.15) is 11.1 Å². The number of nitrogens with one attached hydrogen (secondary N) is 1. The van der Waals surface area contributed by atoms with E-state index in [1.807, 2.05) is 12.1 Å². The van der Waals surface area contributed by atoms with Crippen molar-refractivity contribution < 1.29 is 0 Å². The van der Waals surface area contributed by atoms with E-state index in [2.05, 4.69) is 127 Å². The number of rotatable bonds is 4. The fourth-order valence-corrected chi connectivity index (χ4v) is 4.44. The molecule has 6 rings (SSSR count). The summed E-state index contributed by atoms with van der Waals surface area (Å²) in [5, 5.41) is 4.44. The molecule has 4 aromatic rings. The first-order valence-electron chi connectivity index (χ1n) is 12.1. The normalized spacial score (nSPS) is 11.8. The van der Waals surface area contributed by atoms with Crippen molar-refractivity contribution in [3.63, 3.8) is 0 Å². The van der Waals surface area contributed by atoms with Crippen molar-refractivity contribution in [1.29, 1.82) is 0 Å². The van der Waals surface area contributed by atoms with Crippen LogP contribution in [-0.2, 0) is 0 Å². The lowest BCUT2D eigenvalue weighted by atomic mass is 10.1. The van der Waals surface area contributed by atoms with Crippen LogP contribution in [0.25, 0.3) is 28.1 Å². The summed E-state index contributed by atoms with van der Waals surface area (Å²) < 4.78 is 2.27. The second-order valence-electron chi connectivity index (χ2n) is 9.07. The average Bonchev–Trinajstić information content (AvgIpc) is 2.91. The topological polar surface area (TPSA) is 42.2 Å². The van der Waals surface area contributed by atoms with Gasteiger partial charge in [0, 0.05) is 11.4 Å². The van der Waals surface area contributed by atoms with Gasteiger partial charge in [0.1, 0.15) is 0 Å². The van der Waals surface area contributed by atoms with Crippen molar-refractivity contribution in [2.45, 2.75) is 13.8 Å². The number of fused-ring (bicyclic) bond motifs is 2. The van der Waals surface area contributed by atoms with E-state index in [1.165, 1.54) is 11.1 Å². The monoisotopic (exact) mass is 466 g/mol. The third kappa shape index (κ3) is 4.25. The number of para-hydroxylation sites is 3. The van der Waals surface area contributed by atoms with Crippen molar-refractivity contribution in [3.05, 3.63) is 132 Å². The summed E-state index contributed by atoms with van der Waals surface area (Å²) in [6.45, 7) is 4.18. The van der Waals surface area contributed by atoms with Gasteiger partial charge in [-0.25, -0.2) is 9.98 Å². The van der Waals surface area contributed by atoms with Crippen LogP contribution in [0.15, 0.2) is 120 Å². The van der Waals surface area contributed by atoms with Gasteiger partial charge in [-0.2, -0.15) is 0 Å². The Labute approximate surface area is 210 Å². The van der Waals surface area contributed by atoms with Gasteiger partial charge in [0.15, 0.2) is 0 Å². The van der Waals surface area contributed by atoms with Crippen LogP contribution in [0.5, 0.6) is 0 Å². The number of benzene rings is 5. The van der Waals surface area contributed by atoms with Crippen molar-refractivity contribution >= 4 is 28.1 Å². The minimum Gasteiger partial charge on any atom is -0.354 e. The first kappa shape index (κ1) is 21.8. The van der Waals surface area contributed by atoms with E-state index in [9.17, 15) is 0 Å². The summed E-state index contributed by atoms with van der Waals surface area (Å²) >= 11 is 0. The fourth-order valence-electron chi connectivity index (χ4n) is 4.44. The molecular weight excluding hydrogens is 440 g/mol. The molecule has 36 heavy (non-hydrogen) atoms. The highest BCUT2D eigenvalue weighted by Gasteiger charge is 2.16. The molecular formula is C32H26N4. The van der Waals surface area contributed by atoms with Gasteiger partial charge in [-0.3, -0.25) is 0 Å². The van der Waals surface area contributed by atoms with Crippen LogP contribution in [-0.4, -0.2) is 9.55 Å². The Morgan fingerprint density at radius 1 is 0.694 bits per heavy atom. The van der Waals surface area contributed by atoms with Crippen molar-refractivity contribution in [1.82, 2.24) is 9.55 Å². The molecule has 0 aromatic heterocycles. The lowest BCUT2D eigenvalue weighted by Gasteiger charge is -2.20. The van der Waals surface area contributed by atoms with Gasteiger partial charge in [0.05, 0.1) is 39.2 Å². The molecule has 0 amide bonds. The molecule has 0 unspecified atom stereocenters. The van der Waals surface area contributed by atoms with Gasteiger partial charge in [0.25, 0.3) is 0 Å². The molecule has 0 saturated heterocycles. The average molecular weight is 467 g/mol. The molecule has 174 valence electrons. The molecule has 4 heteroatoms. The van der Waals surface area contributed by atoms with E-state index >= 15 is 0 Å². The molecule has 1 heterocycles. The van der Waals surface area contributed by atoms with Crippen LogP contribution in [0.4, 0.5) is 17.1 Å². The Morgan fingerprint density at radius 2 is 1.36 bits per heavy atom. The largest absolute Gasteiger partial charge is 0.354 e. The Balaban J connectivity index is 1.65. The number of hydrogen-bond acceptors (Lipinski definition) is 3. The number of aromatic nitrogens is 2. The number of hydrogen-bond donors (Lipinski definition) is 1. The molecule has 1 aliphatic heterocycles. The highest BCUT2D eigenvalue weighted by Crippen LogP contribution is 2.30. The second-order valence-corrected chi connectivity index (χ2v) is 9.07. The maximum absolute atomic E-state index is 5.06. The van der Waals surface area contributed by atoms with Crippen LogP contribution in [0.2, 0.25) is 0 Å². The quantitative estimate of drug-likeness (QED) is 0.270. The molecule has 0 fully saturated rings. The molecule has 0 bridgehead atoms. The molecule has 2 aliphatic rings. The van der Waals surface area contributed by atoms with Crippen LogP contribution in [0, 0.1) is 13.8 Å². The van der Waals surface area contributed by atoms with Crippen molar-refractivity contribution in [2.75, 3.05) is 5.32 Å². The zero-order valence-corrected chi connectivity index (χ0v) is 20.3. The van der Waals surface area contributed by atoms with E-state index in [0.29, 0.717) is 0 Å². The van der Waals surface area contributed by atoms with Crippen LogP contribution < -0.4 is 10.7 Å². The Bertz CT molecular complexity index is 1700. The van der Waals surface area contributed by atoms with Crippen LogP contribution in [0.3, 0.4) is 0 Å². The third-order valence-corrected chi connectivity index (χ3v) is 6.33. The van der Waals surface area contributed by atoms with E-state index in [-0.39, 0.29) is 0 Å². The second kappa shape index (κ2) is 9.16. The number of nitrogens with zero attached hydrogens (tertiary/aromatic N) is 3. The molecule has 1 aliphatic carbocycles. The molecule has 4 aromatic carbocycles. The van der Waals surface area contributed by atoms with E-state index in [1.54, 1.807) is 0 Å². The Hall–Kier alpha value is -4.70. The zero-order chi connectivity index (χ0) is 24.5. The fraction of sp³-hybridized carbons (Fsp3) is 0.0625. The summed E-state index contributed by atoms with van der Waals surface area (Å²) in [7, 11) is 0. The standard InChI is InChI=1S/C32H26N4/c1-22-12-16-24(17-13-22)33-28-20-30-32(21-29(28)34-25-18-14-23(2)15-19-25)36(26-8-4-3-5-9-26)31-11-7-6-10-27(31)35-30/h3-21,33H,1-2H3. The highest BCUT2D eigenvalue weighted by molar-refractivity contribution is 5.84. The van der Waals surface area contributed by atoms with E-state index < -0.39 is 0 Å². The third-order valence-electron chi connectivity index (χ3n) is 6.33. The van der Waals surface area contributed by atoms with Gasteiger partial charge in [0.2, 0.25) is 0 Å². The van der Waals surface area contributed by atoms with Gasteiger partial charge >= 0.3 is 0 Å². The maximum atomic E-state index is 5.06. The molecule has 0 atom stereocenters. The molecule has 0 spiro atoms. The van der Waals surface area contributed by atoms with E-state index in [0.717, 1.165) is 50.5 Å². The Kier molecular flexibility index (Phi) is 5.55. The minimum atomic E-state index is 0.855. The molecule has 0 saturated carbocycles. The van der Waals surface area contributed by atoms with Crippen molar-refractivity contribution in [3.8, 4) is 17.1 Å². The lowest BCUT2D eigenvalue weighted by molar-refractivity contribution is 1.07. The zero-order valence-electron chi connectivity index (χ0n) is 20.3. The first-order valence-corrected chi connectivity index (χ1v) is 12.1. The van der Waals surface area contributed by atoms with Gasteiger partial charge < -0.3 is 9.88 Å². The SMILES string of the molecule is Cc1ccc(N=c2cc3n(-c4ccccc4)c4ccccc4nc-3cc2Nc2ccc(C)cc2)cc1. The van der Waals surface area contributed by atoms with Gasteiger partial charge in [-0.15, -0.1) is 0 Å². The van der Waals surface area contributed by atoms with Gasteiger partial charge in [-0.1, -0.05) is 65.7 Å². The predicted octanol–water partition coefficient (Wildman–Crippen LogP) is 7.72. The minimum absolute atomic E-state index is 0.855. The molecule has 4 nitrogen and oxygen atoms in total. The maximum Gasteiger partial charge on any atom is 0.0900 e. The smallest absolute Gasteiger partial charge is 0.0900 e. The number of aryl methyl sites for hydroxylation is 2. The van der Waals surface area contributed by atoms with E-state index in [4.69, 9.17) is 9.98 Å².